The van der Waals surface area contributed by atoms with Crippen LogP contribution in [-0.2, 0) is 0 Å². The van der Waals surface area contributed by atoms with Crippen LogP contribution < -0.4 is 0 Å². The van der Waals surface area contributed by atoms with Crippen LogP contribution in [0.4, 0.5) is 0 Å². The first-order chi connectivity index (χ1) is 8.11. The van der Waals surface area contributed by atoms with Gasteiger partial charge in [0, 0.05) is 13.6 Å². The summed E-state index contributed by atoms with van der Waals surface area (Å²) in [7, 11) is 1.69. The van der Waals surface area contributed by atoms with Crippen molar-refractivity contribution in [2.75, 3.05) is 19.8 Å². The number of amides is 1. The molecule has 0 aliphatic heterocycles. The summed E-state index contributed by atoms with van der Waals surface area (Å²) >= 11 is 1.46. The number of furan rings is 1. The zero-order valence-electron chi connectivity index (χ0n) is 10.0. The second-order valence-electron chi connectivity index (χ2n) is 4.41. The molecule has 0 spiro atoms. The van der Waals surface area contributed by atoms with Gasteiger partial charge in [-0.3, -0.25) is 4.79 Å². The maximum Gasteiger partial charge on any atom is 0.289 e. The molecule has 94 valence electrons. The van der Waals surface area contributed by atoms with Crippen LogP contribution in [0.1, 0.15) is 23.4 Å². The van der Waals surface area contributed by atoms with Gasteiger partial charge >= 0.3 is 0 Å². The van der Waals surface area contributed by atoms with Crippen LogP contribution in [0.5, 0.6) is 0 Å². The summed E-state index contributed by atoms with van der Waals surface area (Å²) < 4.78 is 5.36. The van der Waals surface area contributed by atoms with E-state index in [1.54, 1.807) is 19.2 Å². The largest absolute Gasteiger partial charge is 0.445 e. The van der Waals surface area contributed by atoms with Crippen molar-refractivity contribution in [3.05, 3.63) is 17.9 Å². The Kier molecular flexibility index (Phi) is 3.79. The number of thioether (sulfide) groups is 1. The lowest BCUT2D eigenvalue weighted by atomic mass is 10.2. The molecule has 1 aliphatic carbocycles. The number of nitrogens with zero attached hydrogens (tertiary/aromatic N) is 1. The Balaban J connectivity index is 1.93. The second kappa shape index (κ2) is 5.14. The molecule has 4 nitrogen and oxygen atoms in total. The summed E-state index contributed by atoms with van der Waals surface area (Å²) in [6.07, 6.45) is 3.63. The van der Waals surface area contributed by atoms with E-state index < -0.39 is 6.10 Å². The molecule has 1 saturated carbocycles. The molecule has 0 aromatic carbocycles. The number of aliphatic hydroxyl groups is 1. The van der Waals surface area contributed by atoms with Gasteiger partial charge in [0.2, 0.25) is 0 Å². The van der Waals surface area contributed by atoms with Gasteiger partial charge in [0.05, 0.1) is 6.10 Å². The first kappa shape index (κ1) is 12.5. The molecule has 2 rings (SSSR count). The first-order valence-corrected chi connectivity index (χ1v) is 6.91. The molecule has 0 radical (unpaired) electrons. The van der Waals surface area contributed by atoms with Gasteiger partial charge in [0.25, 0.3) is 5.91 Å². The Morgan fingerprint density at radius 2 is 2.35 bits per heavy atom. The van der Waals surface area contributed by atoms with Gasteiger partial charge in [0.15, 0.2) is 10.9 Å². The lowest BCUT2D eigenvalue weighted by Crippen LogP contribution is -2.35. The second-order valence-corrected chi connectivity index (χ2v) is 5.22. The van der Waals surface area contributed by atoms with E-state index >= 15 is 0 Å². The van der Waals surface area contributed by atoms with E-state index in [0.29, 0.717) is 18.2 Å². The average Bonchev–Trinajstić information content (AvgIpc) is 3.06. The van der Waals surface area contributed by atoms with Gasteiger partial charge in [-0.1, -0.05) is 11.8 Å². The minimum absolute atomic E-state index is 0.176. The topological polar surface area (TPSA) is 53.7 Å². The summed E-state index contributed by atoms with van der Waals surface area (Å²) in [6, 6.07) is 3.46. The Bertz CT molecular complexity index is 400. The molecule has 1 aliphatic rings. The van der Waals surface area contributed by atoms with E-state index in [4.69, 9.17) is 4.42 Å². The van der Waals surface area contributed by atoms with Crippen LogP contribution in [0.15, 0.2) is 21.6 Å². The van der Waals surface area contributed by atoms with Crippen molar-refractivity contribution in [1.29, 1.82) is 0 Å². The predicted molar refractivity (Wildman–Crippen MR) is 66.2 cm³/mol. The van der Waals surface area contributed by atoms with Crippen molar-refractivity contribution in [3.63, 3.8) is 0 Å². The number of hydrogen-bond acceptors (Lipinski definition) is 4. The Labute approximate surface area is 105 Å². The maximum absolute atomic E-state index is 12.0. The van der Waals surface area contributed by atoms with Crippen molar-refractivity contribution >= 4 is 17.7 Å². The molecule has 0 bridgehead atoms. The first-order valence-electron chi connectivity index (χ1n) is 5.69. The Morgan fingerprint density at radius 1 is 1.65 bits per heavy atom. The third kappa shape index (κ3) is 3.04. The summed E-state index contributed by atoms with van der Waals surface area (Å²) in [6.45, 7) is 0.374. The molecular formula is C12H17NO3S. The summed E-state index contributed by atoms with van der Waals surface area (Å²) in [5, 5.41) is 10.5. The molecule has 1 aromatic rings. The fourth-order valence-corrected chi connectivity index (χ4v) is 2.10. The van der Waals surface area contributed by atoms with E-state index in [1.807, 2.05) is 6.26 Å². The maximum atomic E-state index is 12.0. The third-order valence-electron chi connectivity index (χ3n) is 2.97. The van der Waals surface area contributed by atoms with Crippen LogP contribution in [-0.4, -0.2) is 41.9 Å². The highest BCUT2D eigenvalue weighted by atomic mass is 32.2. The fraction of sp³-hybridized carbons (Fsp3) is 0.583. The van der Waals surface area contributed by atoms with Gasteiger partial charge < -0.3 is 14.4 Å². The molecule has 17 heavy (non-hydrogen) atoms. The number of aliphatic hydroxyl groups excluding tert-OH is 1. The van der Waals surface area contributed by atoms with Gasteiger partial charge in [-0.2, -0.15) is 0 Å². The minimum Gasteiger partial charge on any atom is -0.445 e. The highest BCUT2D eigenvalue weighted by Gasteiger charge is 2.31. The van der Waals surface area contributed by atoms with Crippen LogP contribution >= 0.6 is 11.8 Å². The van der Waals surface area contributed by atoms with Crippen molar-refractivity contribution < 1.29 is 14.3 Å². The minimum atomic E-state index is -0.404. The monoisotopic (exact) mass is 255 g/mol. The highest BCUT2D eigenvalue weighted by Crippen LogP contribution is 2.32. The van der Waals surface area contributed by atoms with Crippen molar-refractivity contribution in [2.45, 2.75) is 24.0 Å². The van der Waals surface area contributed by atoms with Crippen LogP contribution in [0.25, 0.3) is 0 Å². The smallest absolute Gasteiger partial charge is 0.289 e. The average molecular weight is 255 g/mol. The van der Waals surface area contributed by atoms with Gasteiger partial charge in [-0.15, -0.1) is 0 Å². The Morgan fingerprint density at radius 3 is 2.88 bits per heavy atom. The van der Waals surface area contributed by atoms with Gasteiger partial charge in [-0.25, -0.2) is 0 Å². The zero-order valence-corrected chi connectivity index (χ0v) is 10.9. The molecular weight excluding hydrogens is 238 g/mol. The number of hydrogen-bond donors (Lipinski definition) is 1. The van der Waals surface area contributed by atoms with E-state index in [1.165, 1.54) is 16.7 Å². The van der Waals surface area contributed by atoms with Crippen molar-refractivity contribution in [1.82, 2.24) is 4.90 Å². The number of likely N-dealkylation sites (N-methyl/N-ethyl adjacent to an activating group) is 1. The van der Waals surface area contributed by atoms with Gasteiger partial charge in [-0.05, 0) is 37.1 Å². The predicted octanol–water partition coefficient (Wildman–Crippen LogP) is 1.84. The molecule has 1 fully saturated rings. The summed E-state index contributed by atoms with van der Waals surface area (Å²) in [5.41, 5.74) is 0. The standard InChI is InChI=1S/C12H17NO3S/c1-13(7-9(14)8-3-4-8)12(15)10-5-6-11(16-10)17-2/h5-6,8-9,14H,3-4,7H2,1-2H3. The van der Waals surface area contributed by atoms with E-state index in [0.717, 1.165) is 17.9 Å². The number of rotatable bonds is 5. The van der Waals surface area contributed by atoms with Crippen LogP contribution in [0.2, 0.25) is 0 Å². The molecule has 1 aromatic heterocycles. The van der Waals surface area contributed by atoms with Crippen LogP contribution in [0.3, 0.4) is 0 Å². The highest BCUT2D eigenvalue weighted by molar-refractivity contribution is 7.98. The quantitative estimate of drug-likeness (QED) is 0.816. The van der Waals surface area contributed by atoms with E-state index in [2.05, 4.69) is 0 Å². The van der Waals surface area contributed by atoms with Crippen molar-refractivity contribution in [2.24, 2.45) is 5.92 Å². The summed E-state index contributed by atoms with van der Waals surface area (Å²) in [5.74, 6) is 0.536. The molecule has 1 atom stereocenters. The summed E-state index contributed by atoms with van der Waals surface area (Å²) in [4.78, 5) is 13.5. The van der Waals surface area contributed by atoms with E-state index in [9.17, 15) is 9.90 Å². The third-order valence-corrected chi connectivity index (χ3v) is 3.59. The molecule has 1 N–H and O–H groups in total. The lowest BCUT2D eigenvalue weighted by molar-refractivity contribution is 0.0613. The SMILES string of the molecule is CSc1ccc(C(=O)N(C)CC(O)C2CC2)o1. The molecule has 5 heteroatoms. The van der Waals surface area contributed by atoms with Crippen molar-refractivity contribution in [3.8, 4) is 0 Å². The van der Waals surface area contributed by atoms with E-state index in [-0.39, 0.29) is 5.91 Å². The van der Waals surface area contributed by atoms with Crippen LogP contribution in [0, 0.1) is 5.92 Å². The molecule has 1 amide bonds. The fourth-order valence-electron chi connectivity index (χ4n) is 1.73. The Hall–Kier alpha value is -0.940. The molecule has 0 saturated heterocycles. The molecule has 1 unspecified atom stereocenters. The zero-order chi connectivity index (χ0) is 12.4. The number of carbonyl (C=O) groups excluding carboxylic acids is 1. The normalized spacial score (nSPS) is 16.9. The van der Waals surface area contributed by atoms with Gasteiger partial charge in [0.1, 0.15) is 0 Å². The number of carbonyl (C=O) groups is 1. The molecule has 1 heterocycles. The lowest BCUT2D eigenvalue weighted by Gasteiger charge is -2.19.